The normalized spacial score (nSPS) is 12.7. The molecule has 0 amide bonds. The minimum Gasteiger partial charge on any atom is -0.392 e. The number of aliphatic hydroxyl groups excluding tert-OH is 1. The maximum absolute atomic E-state index is 13.1. The van der Waals surface area contributed by atoms with Gasteiger partial charge in [-0.1, -0.05) is 0 Å². The SMILES string of the molecule is Cc1ccsc1CN(Cc1cnn(-c2ccc(F)cc2)c1)C[C@@H](C)O. The van der Waals surface area contributed by atoms with Gasteiger partial charge in [-0.2, -0.15) is 5.10 Å². The number of aromatic nitrogens is 2. The van der Waals surface area contributed by atoms with E-state index in [0.717, 1.165) is 17.8 Å². The summed E-state index contributed by atoms with van der Waals surface area (Å²) < 4.78 is 14.8. The molecular formula is C19H22FN3OS. The van der Waals surface area contributed by atoms with E-state index in [-0.39, 0.29) is 5.82 Å². The summed E-state index contributed by atoms with van der Waals surface area (Å²) in [6.07, 6.45) is 3.37. The standard InChI is InChI=1S/C19H22FN3OS/c1-14-7-8-25-19(14)13-22(10-15(2)24)11-16-9-21-23(12-16)18-5-3-17(20)4-6-18/h3-9,12,15,24H,10-11,13H2,1-2H3/t15-/m1/s1. The first-order chi connectivity index (χ1) is 12.0. The molecule has 2 aromatic heterocycles. The number of nitrogens with zero attached hydrogens (tertiary/aromatic N) is 3. The fourth-order valence-corrected chi connectivity index (χ4v) is 3.71. The molecule has 1 aromatic carbocycles. The van der Waals surface area contributed by atoms with Crippen molar-refractivity contribution in [3.8, 4) is 5.69 Å². The molecule has 0 fully saturated rings. The van der Waals surface area contributed by atoms with E-state index in [1.165, 1.54) is 22.6 Å². The molecule has 1 atom stereocenters. The summed E-state index contributed by atoms with van der Waals surface area (Å²) in [6.45, 7) is 6.01. The minimum atomic E-state index is -0.396. The average molecular weight is 359 g/mol. The summed E-state index contributed by atoms with van der Waals surface area (Å²) in [5.41, 5.74) is 3.16. The van der Waals surface area contributed by atoms with Crippen LogP contribution in [-0.2, 0) is 13.1 Å². The Kier molecular flexibility index (Phi) is 5.63. The van der Waals surface area contributed by atoms with Crippen LogP contribution >= 0.6 is 11.3 Å². The van der Waals surface area contributed by atoms with E-state index in [2.05, 4.69) is 28.4 Å². The number of aliphatic hydroxyl groups is 1. The monoisotopic (exact) mass is 359 g/mol. The summed E-state index contributed by atoms with van der Waals surface area (Å²) in [6, 6.07) is 8.38. The quantitative estimate of drug-likeness (QED) is 0.698. The van der Waals surface area contributed by atoms with Crippen molar-refractivity contribution in [2.45, 2.75) is 33.0 Å². The van der Waals surface area contributed by atoms with Crippen molar-refractivity contribution in [3.63, 3.8) is 0 Å². The summed E-state index contributed by atoms with van der Waals surface area (Å²) in [5.74, 6) is -0.259. The molecule has 0 unspecified atom stereocenters. The van der Waals surface area contributed by atoms with Gasteiger partial charge in [-0.3, -0.25) is 4.90 Å². The molecule has 4 nitrogen and oxygen atoms in total. The fraction of sp³-hybridized carbons (Fsp3) is 0.316. The number of rotatable bonds is 7. The van der Waals surface area contributed by atoms with Crippen LogP contribution in [0.15, 0.2) is 48.1 Å². The molecule has 0 aliphatic rings. The van der Waals surface area contributed by atoms with Crippen molar-refractivity contribution in [1.29, 1.82) is 0 Å². The molecule has 6 heteroatoms. The number of thiophene rings is 1. The second-order valence-corrected chi connectivity index (χ2v) is 7.32. The number of benzene rings is 1. The van der Waals surface area contributed by atoms with Crippen LogP contribution in [0.1, 0.15) is 22.9 Å². The van der Waals surface area contributed by atoms with E-state index in [0.29, 0.717) is 13.1 Å². The van der Waals surface area contributed by atoms with Gasteiger partial charge in [-0.25, -0.2) is 9.07 Å². The van der Waals surface area contributed by atoms with Gasteiger partial charge >= 0.3 is 0 Å². The molecule has 0 aliphatic carbocycles. The zero-order valence-corrected chi connectivity index (χ0v) is 15.2. The zero-order chi connectivity index (χ0) is 17.8. The number of hydrogen-bond donors (Lipinski definition) is 1. The van der Waals surface area contributed by atoms with Crippen LogP contribution in [0.2, 0.25) is 0 Å². The average Bonchev–Trinajstić information content (AvgIpc) is 3.17. The van der Waals surface area contributed by atoms with Gasteiger partial charge < -0.3 is 5.11 Å². The van der Waals surface area contributed by atoms with E-state index in [1.54, 1.807) is 35.1 Å². The second-order valence-electron chi connectivity index (χ2n) is 6.32. The van der Waals surface area contributed by atoms with Gasteiger partial charge in [0.2, 0.25) is 0 Å². The van der Waals surface area contributed by atoms with Gasteiger partial charge in [-0.15, -0.1) is 11.3 Å². The largest absolute Gasteiger partial charge is 0.392 e. The third-order valence-electron chi connectivity index (χ3n) is 3.99. The van der Waals surface area contributed by atoms with Crippen molar-refractivity contribution in [3.05, 3.63) is 69.9 Å². The Balaban J connectivity index is 1.73. The summed E-state index contributed by atoms with van der Waals surface area (Å²) in [4.78, 5) is 3.53. The molecule has 3 aromatic rings. The number of aryl methyl sites for hydroxylation is 1. The van der Waals surface area contributed by atoms with Gasteiger partial charge in [0.1, 0.15) is 5.82 Å². The third kappa shape index (κ3) is 4.75. The van der Waals surface area contributed by atoms with E-state index in [4.69, 9.17) is 0 Å². The summed E-state index contributed by atoms with van der Waals surface area (Å²) in [5, 5.41) is 16.3. The van der Waals surface area contributed by atoms with Crippen LogP contribution in [0.5, 0.6) is 0 Å². The van der Waals surface area contributed by atoms with Crippen molar-refractivity contribution < 1.29 is 9.50 Å². The molecule has 0 saturated heterocycles. The van der Waals surface area contributed by atoms with Crippen LogP contribution in [0.3, 0.4) is 0 Å². The Hall–Kier alpha value is -2.02. The maximum Gasteiger partial charge on any atom is 0.123 e. The van der Waals surface area contributed by atoms with Gasteiger partial charge in [0.05, 0.1) is 18.0 Å². The second kappa shape index (κ2) is 7.91. The Morgan fingerprint density at radius 3 is 2.64 bits per heavy atom. The Morgan fingerprint density at radius 1 is 1.24 bits per heavy atom. The zero-order valence-electron chi connectivity index (χ0n) is 14.4. The molecule has 0 bridgehead atoms. The van der Waals surface area contributed by atoms with E-state index in [1.807, 2.05) is 12.4 Å². The molecule has 0 spiro atoms. The number of halogens is 1. The highest BCUT2D eigenvalue weighted by Gasteiger charge is 2.13. The fourth-order valence-electron chi connectivity index (χ4n) is 2.76. The summed E-state index contributed by atoms with van der Waals surface area (Å²) >= 11 is 1.74. The lowest BCUT2D eigenvalue weighted by atomic mass is 10.2. The van der Waals surface area contributed by atoms with Crippen LogP contribution in [-0.4, -0.2) is 32.4 Å². The Labute approximate surface area is 151 Å². The first kappa shape index (κ1) is 17.8. The highest BCUT2D eigenvalue weighted by Crippen LogP contribution is 2.20. The molecule has 1 N–H and O–H groups in total. The van der Waals surface area contributed by atoms with Crippen molar-refractivity contribution in [1.82, 2.24) is 14.7 Å². The predicted octanol–water partition coefficient (Wildman–Crippen LogP) is 3.76. The van der Waals surface area contributed by atoms with E-state index < -0.39 is 6.10 Å². The molecule has 2 heterocycles. The topological polar surface area (TPSA) is 41.3 Å². The van der Waals surface area contributed by atoms with Crippen molar-refractivity contribution >= 4 is 11.3 Å². The highest BCUT2D eigenvalue weighted by atomic mass is 32.1. The first-order valence-electron chi connectivity index (χ1n) is 8.24. The lowest BCUT2D eigenvalue weighted by molar-refractivity contribution is 0.118. The first-order valence-corrected chi connectivity index (χ1v) is 9.12. The summed E-state index contributed by atoms with van der Waals surface area (Å²) in [7, 11) is 0. The molecule has 0 radical (unpaired) electrons. The minimum absolute atomic E-state index is 0.259. The van der Waals surface area contributed by atoms with E-state index in [9.17, 15) is 9.50 Å². The Bertz CT molecular complexity index is 810. The molecule has 0 aliphatic heterocycles. The van der Waals surface area contributed by atoms with Crippen molar-refractivity contribution in [2.75, 3.05) is 6.54 Å². The molecule has 3 rings (SSSR count). The van der Waals surface area contributed by atoms with Crippen LogP contribution in [0.4, 0.5) is 4.39 Å². The lowest BCUT2D eigenvalue weighted by Gasteiger charge is -2.23. The Morgan fingerprint density at radius 2 is 2.00 bits per heavy atom. The van der Waals surface area contributed by atoms with E-state index >= 15 is 0 Å². The smallest absolute Gasteiger partial charge is 0.123 e. The van der Waals surface area contributed by atoms with Crippen LogP contribution in [0, 0.1) is 12.7 Å². The van der Waals surface area contributed by atoms with Gasteiger partial charge in [-0.05, 0) is 55.1 Å². The molecule has 132 valence electrons. The maximum atomic E-state index is 13.1. The van der Waals surface area contributed by atoms with Crippen LogP contribution in [0.25, 0.3) is 5.69 Å². The third-order valence-corrected chi connectivity index (χ3v) is 5.00. The number of hydrogen-bond acceptors (Lipinski definition) is 4. The highest BCUT2D eigenvalue weighted by molar-refractivity contribution is 7.10. The lowest BCUT2D eigenvalue weighted by Crippen LogP contribution is -2.30. The van der Waals surface area contributed by atoms with Gasteiger partial charge in [0.15, 0.2) is 0 Å². The molecular weight excluding hydrogens is 337 g/mol. The van der Waals surface area contributed by atoms with Gasteiger partial charge in [0, 0.05) is 36.3 Å². The van der Waals surface area contributed by atoms with Crippen LogP contribution < -0.4 is 0 Å². The molecule has 25 heavy (non-hydrogen) atoms. The predicted molar refractivity (Wildman–Crippen MR) is 98.4 cm³/mol. The molecule has 0 saturated carbocycles. The van der Waals surface area contributed by atoms with Crippen molar-refractivity contribution in [2.24, 2.45) is 0 Å². The van der Waals surface area contributed by atoms with Gasteiger partial charge in [0.25, 0.3) is 0 Å².